The Kier molecular flexibility index (Phi) is 24.0. The van der Waals surface area contributed by atoms with E-state index in [-0.39, 0.29) is 29.6 Å². The van der Waals surface area contributed by atoms with E-state index >= 15 is 0 Å². The third kappa shape index (κ3) is 15.9. The minimum absolute atomic E-state index is 0. The summed E-state index contributed by atoms with van der Waals surface area (Å²) >= 11 is 0. The summed E-state index contributed by atoms with van der Waals surface area (Å²) in [6, 6.07) is 0. The molecule has 4 nitrogen and oxygen atoms in total. The van der Waals surface area contributed by atoms with Crippen LogP contribution >= 0.6 is 0 Å². The Labute approximate surface area is 209 Å². The SMILES string of the molecule is CCCCCCCC/C=C\CCCCCCCCNC(CCC)(C(=O)[O-])N(C)C.[Na+]. The second kappa shape index (κ2) is 22.3. The van der Waals surface area contributed by atoms with E-state index in [4.69, 9.17) is 0 Å². The molecule has 0 saturated heterocycles. The Morgan fingerprint density at radius 1 is 0.800 bits per heavy atom. The number of carbonyl (C=O) groups is 1. The van der Waals surface area contributed by atoms with Gasteiger partial charge in [-0.1, -0.05) is 90.2 Å². The number of likely N-dealkylation sites (N-methyl/N-ethyl adjacent to an activating group) is 1. The van der Waals surface area contributed by atoms with Crippen LogP contribution in [0.5, 0.6) is 0 Å². The van der Waals surface area contributed by atoms with Crippen molar-refractivity contribution in [3.05, 3.63) is 12.2 Å². The van der Waals surface area contributed by atoms with Crippen LogP contribution in [0.2, 0.25) is 0 Å². The van der Waals surface area contributed by atoms with E-state index in [1.165, 1.54) is 77.0 Å². The molecule has 0 aromatic heterocycles. The van der Waals surface area contributed by atoms with Crippen molar-refractivity contribution in [2.75, 3.05) is 20.6 Å². The van der Waals surface area contributed by atoms with Crippen LogP contribution in [0.25, 0.3) is 0 Å². The average Bonchev–Trinajstić information content (AvgIpc) is 2.69. The minimum Gasteiger partial charge on any atom is -0.547 e. The summed E-state index contributed by atoms with van der Waals surface area (Å²) in [6.45, 7) is 5.00. The topological polar surface area (TPSA) is 55.4 Å². The molecular weight excluding hydrogens is 383 g/mol. The van der Waals surface area contributed by atoms with Crippen LogP contribution in [0, 0.1) is 0 Å². The first kappa shape index (κ1) is 32.3. The van der Waals surface area contributed by atoms with Crippen molar-refractivity contribution in [2.45, 2.75) is 122 Å². The van der Waals surface area contributed by atoms with Gasteiger partial charge in [-0.15, -0.1) is 0 Å². The molecule has 0 heterocycles. The molecule has 172 valence electrons. The Balaban J connectivity index is 0. The van der Waals surface area contributed by atoms with Crippen LogP contribution in [0.4, 0.5) is 0 Å². The predicted octanol–water partition coefficient (Wildman–Crippen LogP) is 2.43. The monoisotopic (exact) mass is 432 g/mol. The average molecular weight is 433 g/mol. The van der Waals surface area contributed by atoms with Crippen LogP contribution in [0.1, 0.15) is 117 Å². The molecule has 0 aliphatic rings. The standard InChI is InChI=1S/C25H50N2O2.Na/c1-5-7-8-9-10-11-12-13-14-15-16-17-18-19-20-21-23-26-25(22-6-2,24(28)29)27(3)4;/h13-14,26H,5-12,15-23H2,1-4H3,(H,28,29);/q;+1/p-1/b14-13-;. The number of hydrogen-bond donors (Lipinski definition) is 1. The molecule has 0 fully saturated rings. The molecule has 1 atom stereocenters. The zero-order chi connectivity index (χ0) is 21.8. The molecule has 0 rings (SSSR count). The predicted molar refractivity (Wildman–Crippen MR) is 124 cm³/mol. The van der Waals surface area contributed by atoms with Gasteiger partial charge in [-0.3, -0.25) is 10.2 Å². The molecule has 5 heteroatoms. The number of allylic oxidation sites excluding steroid dienone is 2. The van der Waals surface area contributed by atoms with Gasteiger partial charge in [0.1, 0.15) is 5.66 Å². The van der Waals surface area contributed by atoms with Crippen LogP contribution in [0.15, 0.2) is 12.2 Å². The smallest absolute Gasteiger partial charge is 0.547 e. The molecule has 0 aliphatic heterocycles. The van der Waals surface area contributed by atoms with Crippen molar-refractivity contribution in [1.29, 1.82) is 0 Å². The number of carbonyl (C=O) groups excluding carboxylic acids is 1. The molecule has 0 aliphatic carbocycles. The van der Waals surface area contributed by atoms with E-state index in [1.807, 2.05) is 6.92 Å². The Morgan fingerprint density at radius 3 is 1.70 bits per heavy atom. The number of carboxylic acid groups (broad SMARTS) is 1. The Hall–Kier alpha value is 0.130. The number of aliphatic carboxylic acids is 1. The minimum atomic E-state index is -1.03. The van der Waals surface area contributed by atoms with Gasteiger partial charge < -0.3 is 9.90 Å². The summed E-state index contributed by atoms with van der Waals surface area (Å²) in [7, 11) is 3.61. The normalized spacial score (nSPS) is 13.5. The van der Waals surface area contributed by atoms with Crippen LogP contribution < -0.4 is 40.0 Å². The largest absolute Gasteiger partial charge is 1.00 e. The molecule has 30 heavy (non-hydrogen) atoms. The van der Waals surface area contributed by atoms with Gasteiger partial charge in [0.2, 0.25) is 0 Å². The van der Waals surface area contributed by atoms with Crippen molar-refractivity contribution in [3.63, 3.8) is 0 Å². The van der Waals surface area contributed by atoms with E-state index < -0.39 is 11.6 Å². The third-order valence-electron chi connectivity index (χ3n) is 5.82. The molecule has 0 bridgehead atoms. The van der Waals surface area contributed by atoms with Crippen molar-refractivity contribution in [1.82, 2.24) is 10.2 Å². The molecule has 0 aromatic rings. The zero-order valence-electron chi connectivity index (χ0n) is 20.9. The first-order chi connectivity index (χ1) is 14.0. The molecule has 1 N–H and O–H groups in total. The number of nitrogens with zero attached hydrogens (tertiary/aromatic N) is 1. The van der Waals surface area contributed by atoms with E-state index in [0.29, 0.717) is 6.42 Å². The number of carboxylic acids is 1. The molecular formula is C25H49N2NaO2. The summed E-state index contributed by atoms with van der Waals surface area (Å²) in [6.07, 6.45) is 24.1. The van der Waals surface area contributed by atoms with Crippen LogP contribution in [-0.2, 0) is 4.79 Å². The summed E-state index contributed by atoms with van der Waals surface area (Å²) in [5, 5.41) is 14.9. The summed E-state index contributed by atoms with van der Waals surface area (Å²) in [4.78, 5) is 13.4. The zero-order valence-corrected chi connectivity index (χ0v) is 22.9. The first-order valence-electron chi connectivity index (χ1n) is 12.3. The van der Waals surface area contributed by atoms with Gasteiger partial charge in [0.05, 0.1) is 5.97 Å². The van der Waals surface area contributed by atoms with Gasteiger partial charge in [0, 0.05) is 0 Å². The maximum atomic E-state index is 11.6. The summed E-state index contributed by atoms with van der Waals surface area (Å²) in [5.41, 5.74) is -1.03. The van der Waals surface area contributed by atoms with Crippen molar-refractivity contribution in [2.24, 2.45) is 0 Å². The van der Waals surface area contributed by atoms with E-state index in [0.717, 1.165) is 25.8 Å². The number of unbranched alkanes of at least 4 members (excludes halogenated alkanes) is 12. The van der Waals surface area contributed by atoms with E-state index in [1.54, 1.807) is 19.0 Å². The molecule has 1 unspecified atom stereocenters. The van der Waals surface area contributed by atoms with Gasteiger partial charge in [0.15, 0.2) is 0 Å². The van der Waals surface area contributed by atoms with Gasteiger partial charge in [0.25, 0.3) is 0 Å². The number of rotatable bonds is 21. The maximum absolute atomic E-state index is 11.6. The third-order valence-corrected chi connectivity index (χ3v) is 5.82. The van der Waals surface area contributed by atoms with Crippen molar-refractivity contribution >= 4 is 5.97 Å². The molecule has 0 aromatic carbocycles. The van der Waals surface area contributed by atoms with E-state index in [9.17, 15) is 9.90 Å². The molecule has 0 radical (unpaired) electrons. The molecule has 0 amide bonds. The maximum Gasteiger partial charge on any atom is 1.00 e. The van der Waals surface area contributed by atoms with E-state index in [2.05, 4.69) is 24.4 Å². The number of hydrogen-bond acceptors (Lipinski definition) is 4. The Bertz CT molecular complexity index is 416. The molecule has 0 spiro atoms. The Morgan fingerprint density at radius 2 is 1.27 bits per heavy atom. The number of nitrogens with one attached hydrogen (secondary N) is 1. The van der Waals surface area contributed by atoms with Crippen LogP contribution in [0.3, 0.4) is 0 Å². The van der Waals surface area contributed by atoms with Gasteiger partial charge in [-0.25, -0.2) is 0 Å². The summed E-state index contributed by atoms with van der Waals surface area (Å²) < 4.78 is 0. The fourth-order valence-corrected chi connectivity index (χ4v) is 3.86. The van der Waals surface area contributed by atoms with Crippen LogP contribution in [-0.4, -0.2) is 37.2 Å². The summed E-state index contributed by atoms with van der Waals surface area (Å²) in [5.74, 6) is -1.02. The van der Waals surface area contributed by atoms with Gasteiger partial charge in [-0.2, -0.15) is 0 Å². The first-order valence-corrected chi connectivity index (χ1v) is 12.3. The molecule has 0 saturated carbocycles. The quantitative estimate of drug-likeness (QED) is 0.131. The fourth-order valence-electron chi connectivity index (χ4n) is 3.86. The second-order valence-electron chi connectivity index (χ2n) is 8.66. The second-order valence-corrected chi connectivity index (χ2v) is 8.66. The van der Waals surface area contributed by atoms with Gasteiger partial charge in [-0.05, 0) is 59.2 Å². The van der Waals surface area contributed by atoms with Gasteiger partial charge >= 0.3 is 29.6 Å². The van der Waals surface area contributed by atoms with Crippen molar-refractivity contribution < 1.29 is 39.5 Å². The van der Waals surface area contributed by atoms with Crippen molar-refractivity contribution in [3.8, 4) is 0 Å². The fraction of sp³-hybridized carbons (Fsp3) is 0.880.